The summed E-state index contributed by atoms with van der Waals surface area (Å²) in [5.41, 5.74) is 6.51. The summed E-state index contributed by atoms with van der Waals surface area (Å²) >= 11 is 3.45. The number of nitrogen functional groups attached to an aromatic ring is 1. The standard InChI is InChI=1S/C16H22BrNO2S/c17-14-10-12(18)4-5-15(14)21(19)11-13-6-9-16(20-13)7-2-1-3-8-16/h4-5,10,13H,1-3,6-9,11,18H2. The van der Waals surface area contributed by atoms with Gasteiger partial charge in [-0.15, -0.1) is 0 Å². The second-order valence-electron chi connectivity index (χ2n) is 6.22. The van der Waals surface area contributed by atoms with Crippen molar-refractivity contribution in [1.29, 1.82) is 0 Å². The molecule has 0 aromatic heterocycles. The first-order valence-electron chi connectivity index (χ1n) is 7.69. The summed E-state index contributed by atoms with van der Waals surface area (Å²) in [4.78, 5) is 0.817. The average molecular weight is 372 g/mol. The van der Waals surface area contributed by atoms with Crippen LogP contribution >= 0.6 is 15.9 Å². The summed E-state index contributed by atoms with van der Waals surface area (Å²) in [6.45, 7) is 0. The summed E-state index contributed by atoms with van der Waals surface area (Å²) in [6, 6.07) is 5.46. The van der Waals surface area contributed by atoms with E-state index in [1.807, 2.05) is 12.1 Å². The van der Waals surface area contributed by atoms with Gasteiger partial charge in [0.05, 0.1) is 33.2 Å². The first kappa shape index (κ1) is 15.5. The molecule has 1 aliphatic carbocycles. The fourth-order valence-electron chi connectivity index (χ4n) is 3.54. The molecule has 1 saturated heterocycles. The molecule has 2 atom stereocenters. The molecule has 116 valence electrons. The van der Waals surface area contributed by atoms with Gasteiger partial charge in [0.15, 0.2) is 0 Å². The van der Waals surface area contributed by atoms with Crippen LogP contribution in [-0.2, 0) is 15.5 Å². The molecule has 0 amide bonds. The Balaban J connectivity index is 1.63. The molecule has 3 nitrogen and oxygen atoms in total. The van der Waals surface area contributed by atoms with Crippen LogP contribution in [0.1, 0.15) is 44.9 Å². The molecule has 1 aromatic rings. The lowest BCUT2D eigenvalue weighted by molar-refractivity contribution is -0.0557. The Morgan fingerprint density at radius 1 is 1.29 bits per heavy atom. The predicted octanol–water partition coefficient (Wildman–Crippen LogP) is 4.02. The van der Waals surface area contributed by atoms with Gasteiger partial charge in [-0.05, 0) is 59.8 Å². The van der Waals surface area contributed by atoms with Crippen molar-refractivity contribution in [3.8, 4) is 0 Å². The van der Waals surface area contributed by atoms with Crippen molar-refractivity contribution in [2.75, 3.05) is 11.5 Å². The Morgan fingerprint density at radius 3 is 2.76 bits per heavy atom. The smallest absolute Gasteiger partial charge is 0.0702 e. The van der Waals surface area contributed by atoms with Gasteiger partial charge >= 0.3 is 0 Å². The predicted molar refractivity (Wildman–Crippen MR) is 89.8 cm³/mol. The molecule has 2 aliphatic rings. The van der Waals surface area contributed by atoms with Crippen LogP contribution in [0.25, 0.3) is 0 Å². The molecule has 21 heavy (non-hydrogen) atoms. The summed E-state index contributed by atoms with van der Waals surface area (Å²) in [5.74, 6) is 0.588. The third-order valence-electron chi connectivity index (χ3n) is 4.64. The Bertz CT molecular complexity index is 543. The number of benzene rings is 1. The van der Waals surface area contributed by atoms with Gasteiger partial charge in [0, 0.05) is 10.2 Å². The van der Waals surface area contributed by atoms with Crippen LogP contribution in [0.2, 0.25) is 0 Å². The Kier molecular flexibility index (Phi) is 4.71. The van der Waals surface area contributed by atoms with Gasteiger partial charge in [0.1, 0.15) is 0 Å². The lowest BCUT2D eigenvalue weighted by atomic mass is 9.83. The van der Waals surface area contributed by atoms with Crippen molar-refractivity contribution in [3.05, 3.63) is 22.7 Å². The molecule has 1 aliphatic heterocycles. The number of halogens is 1. The minimum Gasteiger partial charge on any atom is -0.399 e. The van der Waals surface area contributed by atoms with Gasteiger partial charge in [0.2, 0.25) is 0 Å². The maximum atomic E-state index is 12.6. The van der Waals surface area contributed by atoms with Crippen LogP contribution in [0.15, 0.2) is 27.6 Å². The topological polar surface area (TPSA) is 52.3 Å². The minimum absolute atomic E-state index is 0.103. The van der Waals surface area contributed by atoms with Gasteiger partial charge in [-0.3, -0.25) is 4.21 Å². The Labute approximate surface area is 137 Å². The fraction of sp³-hybridized carbons (Fsp3) is 0.625. The van der Waals surface area contributed by atoms with Crippen molar-refractivity contribution in [3.63, 3.8) is 0 Å². The third-order valence-corrected chi connectivity index (χ3v) is 7.08. The maximum Gasteiger partial charge on any atom is 0.0702 e. The summed E-state index contributed by atoms with van der Waals surface area (Å²) in [6.07, 6.45) is 8.56. The third kappa shape index (κ3) is 3.51. The highest BCUT2D eigenvalue weighted by Crippen LogP contribution is 2.42. The first-order valence-corrected chi connectivity index (χ1v) is 9.80. The van der Waals surface area contributed by atoms with Crippen LogP contribution in [0.4, 0.5) is 5.69 Å². The quantitative estimate of drug-likeness (QED) is 0.816. The molecular formula is C16H22BrNO2S. The van der Waals surface area contributed by atoms with Gasteiger partial charge in [-0.1, -0.05) is 19.3 Å². The highest BCUT2D eigenvalue weighted by molar-refractivity contribution is 9.10. The van der Waals surface area contributed by atoms with Crippen molar-refractivity contribution in [1.82, 2.24) is 0 Å². The first-order chi connectivity index (χ1) is 10.1. The largest absolute Gasteiger partial charge is 0.399 e. The molecule has 1 heterocycles. The molecule has 0 bridgehead atoms. The monoisotopic (exact) mass is 371 g/mol. The van der Waals surface area contributed by atoms with Crippen LogP contribution in [0.5, 0.6) is 0 Å². The van der Waals surface area contributed by atoms with E-state index in [0.717, 1.165) is 22.2 Å². The Morgan fingerprint density at radius 2 is 2.05 bits per heavy atom. The zero-order valence-electron chi connectivity index (χ0n) is 12.1. The highest BCUT2D eigenvalue weighted by Gasteiger charge is 2.41. The van der Waals surface area contributed by atoms with Crippen LogP contribution in [-0.4, -0.2) is 21.7 Å². The zero-order chi connectivity index (χ0) is 14.9. The van der Waals surface area contributed by atoms with Gasteiger partial charge < -0.3 is 10.5 Å². The summed E-state index contributed by atoms with van der Waals surface area (Å²) in [7, 11) is -1.04. The van der Waals surface area contributed by atoms with E-state index in [0.29, 0.717) is 11.4 Å². The van der Waals surface area contributed by atoms with Crippen molar-refractivity contribution in [2.24, 2.45) is 0 Å². The second-order valence-corrected chi connectivity index (χ2v) is 8.54. The van der Waals surface area contributed by atoms with E-state index in [4.69, 9.17) is 10.5 Å². The van der Waals surface area contributed by atoms with E-state index < -0.39 is 10.8 Å². The number of hydrogen-bond acceptors (Lipinski definition) is 3. The van der Waals surface area contributed by atoms with E-state index >= 15 is 0 Å². The molecule has 0 radical (unpaired) electrons. The molecule has 2 fully saturated rings. The van der Waals surface area contributed by atoms with E-state index in [2.05, 4.69) is 15.9 Å². The molecule has 1 spiro atoms. The van der Waals surface area contributed by atoms with Gasteiger partial charge in [0.25, 0.3) is 0 Å². The molecule has 5 heteroatoms. The SMILES string of the molecule is Nc1ccc(S(=O)CC2CCC3(CCCCC3)O2)c(Br)c1. The summed E-state index contributed by atoms with van der Waals surface area (Å²) in [5, 5.41) is 0. The van der Waals surface area contributed by atoms with Gasteiger partial charge in [-0.2, -0.15) is 0 Å². The number of nitrogens with two attached hydrogens (primary N) is 1. The van der Waals surface area contributed by atoms with Crippen molar-refractivity contribution < 1.29 is 8.95 Å². The second kappa shape index (κ2) is 6.39. The lowest BCUT2D eigenvalue weighted by Crippen LogP contribution is -2.32. The van der Waals surface area contributed by atoms with Crippen LogP contribution < -0.4 is 5.73 Å². The number of rotatable bonds is 3. The highest BCUT2D eigenvalue weighted by atomic mass is 79.9. The van der Waals surface area contributed by atoms with Gasteiger partial charge in [-0.25, -0.2) is 0 Å². The molecule has 1 saturated carbocycles. The number of ether oxygens (including phenoxy) is 1. The molecule has 2 unspecified atom stereocenters. The average Bonchev–Trinajstić information content (AvgIpc) is 2.82. The number of hydrogen-bond donors (Lipinski definition) is 1. The molecule has 3 rings (SSSR count). The van der Waals surface area contributed by atoms with E-state index in [-0.39, 0.29) is 11.7 Å². The number of anilines is 1. The summed E-state index contributed by atoms with van der Waals surface area (Å²) < 4.78 is 19.7. The van der Waals surface area contributed by atoms with E-state index in [1.54, 1.807) is 6.07 Å². The van der Waals surface area contributed by atoms with Crippen molar-refractivity contribution in [2.45, 2.75) is 61.5 Å². The molecule has 2 N–H and O–H groups in total. The molecule has 1 aromatic carbocycles. The lowest BCUT2D eigenvalue weighted by Gasteiger charge is -2.33. The Hall–Kier alpha value is -0.390. The van der Waals surface area contributed by atoms with Crippen LogP contribution in [0.3, 0.4) is 0 Å². The van der Waals surface area contributed by atoms with E-state index in [1.165, 1.54) is 32.1 Å². The van der Waals surface area contributed by atoms with E-state index in [9.17, 15) is 4.21 Å². The minimum atomic E-state index is -1.04. The van der Waals surface area contributed by atoms with Crippen LogP contribution in [0, 0.1) is 0 Å². The molecular weight excluding hydrogens is 350 g/mol. The fourth-order valence-corrected chi connectivity index (χ4v) is 5.72. The normalized spacial score (nSPS) is 26.0. The zero-order valence-corrected chi connectivity index (χ0v) is 14.5. The van der Waals surface area contributed by atoms with Crippen molar-refractivity contribution >= 4 is 32.4 Å². The maximum absolute atomic E-state index is 12.6.